The van der Waals surface area contributed by atoms with Crippen LogP contribution in [-0.2, 0) is 20.8 Å². The molecular formula is C68H77Cl2N9O11. The largest absolute Gasteiger partial charge is 0.480 e. The van der Waals surface area contributed by atoms with E-state index in [0.29, 0.717) is 17.4 Å². The van der Waals surface area contributed by atoms with Gasteiger partial charge in [0.25, 0.3) is 17.4 Å². The molecule has 8 aromatic rings. The van der Waals surface area contributed by atoms with Crippen LogP contribution in [0.3, 0.4) is 0 Å². The number of nitrogens with zero attached hydrogens (tertiary/aromatic N) is 6. The molecule has 5 aromatic carbocycles. The van der Waals surface area contributed by atoms with Crippen LogP contribution in [0.4, 0.5) is 11.4 Å². The molecule has 2 unspecified atom stereocenters. The lowest BCUT2D eigenvalue weighted by atomic mass is 10.1. The Bertz CT molecular complexity index is 3900. The van der Waals surface area contributed by atoms with Crippen molar-refractivity contribution < 1.29 is 38.6 Å². The van der Waals surface area contributed by atoms with E-state index in [1.165, 1.54) is 106 Å². The topological polar surface area (TPSA) is 261 Å². The van der Waals surface area contributed by atoms with Gasteiger partial charge in [0.15, 0.2) is 11.7 Å². The highest BCUT2D eigenvalue weighted by molar-refractivity contribution is 6.35. The number of carboxylic acids is 1. The number of anilines is 2. The zero-order valence-corrected chi connectivity index (χ0v) is 52.5. The molecule has 90 heavy (non-hydrogen) atoms. The Hall–Kier alpha value is -8.88. The van der Waals surface area contributed by atoms with E-state index in [-0.39, 0.29) is 61.4 Å². The Balaban J connectivity index is 1.20. The van der Waals surface area contributed by atoms with Crippen molar-refractivity contribution in [3.05, 3.63) is 197 Å². The van der Waals surface area contributed by atoms with Gasteiger partial charge in [-0.05, 0) is 99.0 Å². The molecule has 0 aliphatic heterocycles. The molecule has 3 heterocycles. The maximum atomic E-state index is 15.5. The van der Waals surface area contributed by atoms with E-state index < -0.39 is 88.4 Å². The summed E-state index contributed by atoms with van der Waals surface area (Å²) in [5, 5.41) is 15.6. The van der Waals surface area contributed by atoms with Crippen molar-refractivity contribution in [2.75, 3.05) is 17.2 Å². The maximum absolute atomic E-state index is 15.5. The Morgan fingerprint density at radius 1 is 0.589 bits per heavy atom. The average molecular weight is 1270 g/mol. The molecular weight excluding hydrogens is 1190 g/mol. The molecule has 2 atom stereocenters. The molecule has 20 nitrogen and oxygen atoms in total. The number of unbranched alkanes of at least 4 members (excludes halogenated alkanes) is 16. The third kappa shape index (κ3) is 17.3. The first kappa shape index (κ1) is 67.1. The Morgan fingerprint density at radius 3 is 1.62 bits per heavy atom. The predicted octanol–water partition coefficient (Wildman–Crippen LogP) is 13.9. The molecule has 474 valence electrons. The normalized spacial score (nSPS) is 12.0. The zero-order chi connectivity index (χ0) is 64.1. The van der Waals surface area contributed by atoms with E-state index >= 15 is 19.2 Å². The van der Waals surface area contributed by atoms with Crippen LogP contribution >= 0.6 is 23.2 Å². The lowest BCUT2D eigenvalue weighted by molar-refractivity contribution is -0.137. The van der Waals surface area contributed by atoms with Crippen LogP contribution in [0.25, 0.3) is 22.3 Å². The summed E-state index contributed by atoms with van der Waals surface area (Å²) in [7, 11) is 0. The Labute approximate surface area is 531 Å². The maximum Gasteiger partial charge on any atom is 0.353 e. The van der Waals surface area contributed by atoms with Crippen LogP contribution in [0.1, 0.15) is 202 Å². The number of imidazole rings is 1. The van der Waals surface area contributed by atoms with Crippen molar-refractivity contribution in [1.82, 2.24) is 33.4 Å². The van der Waals surface area contributed by atoms with Crippen LogP contribution in [-0.4, -0.2) is 81.0 Å². The van der Waals surface area contributed by atoms with Crippen LogP contribution in [0.15, 0.2) is 136 Å². The summed E-state index contributed by atoms with van der Waals surface area (Å²) in [6.45, 7) is 5.29. The molecule has 0 bridgehead atoms. The summed E-state index contributed by atoms with van der Waals surface area (Å²) < 4.78 is 15.0. The van der Waals surface area contributed by atoms with Gasteiger partial charge in [-0.15, -0.1) is 0 Å². The summed E-state index contributed by atoms with van der Waals surface area (Å²) in [4.78, 5) is 128. The first-order chi connectivity index (χ1) is 43.6. The number of aliphatic carboxylic acids is 1. The van der Waals surface area contributed by atoms with Crippen molar-refractivity contribution in [2.45, 2.75) is 161 Å². The lowest BCUT2D eigenvalue weighted by Gasteiger charge is -2.19. The molecule has 0 radical (unpaired) electrons. The number of nitrogens with one attached hydrogen (secondary N) is 3. The molecule has 22 heteroatoms. The third-order valence-electron chi connectivity index (χ3n) is 15.5. The summed E-state index contributed by atoms with van der Waals surface area (Å²) >= 11 is 13.4. The van der Waals surface area contributed by atoms with E-state index in [1.807, 2.05) is 0 Å². The number of rotatable bonds is 34. The summed E-state index contributed by atoms with van der Waals surface area (Å²) in [5.74, 6) is -6.17. The number of H-pyrrole nitrogens is 1. The minimum Gasteiger partial charge on any atom is -0.480 e. The molecule has 0 saturated heterocycles. The van der Waals surface area contributed by atoms with Gasteiger partial charge in [0.2, 0.25) is 0 Å². The number of aromatic amines is 1. The SMILES string of the molecule is CCCCCCCCCCCCOC(=O)c1ccc(Cl)c(NC(=O)c2nc(C(c3nc4ccccc4c(=O)n3CC(=O)O)n3c(=O)n(-c4ccccc4)n(-c4ccccc4)c3=O)[nH]c2C(=O)Nc2cc(C(=O)OC(C)CCCCCCCCCC)ccc2Cl)c1. The van der Waals surface area contributed by atoms with E-state index in [4.69, 9.17) is 37.7 Å². The van der Waals surface area contributed by atoms with Crippen LogP contribution in [0.5, 0.6) is 0 Å². The first-order valence-electron chi connectivity index (χ1n) is 31.1. The second kappa shape index (κ2) is 33.1. The molecule has 4 N–H and O–H groups in total. The van der Waals surface area contributed by atoms with Crippen molar-refractivity contribution in [2.24, 2.45) is 0 Å². The van der Waals surface area contributed by atoms with Crippen LogP contribution in [0, 0.1) is 0 Å². The number of esters is 2. The summed E-state index contributed by atoms with van der Waals surface area (Å²) in [5.41, 5.74) is -4.02. The van der Waals surface area contributed by atoms with E-state index in [1.54, 1.807) is 79.7 Å². The molecule has 0 fully saturated rings. The van der Waals surface area contributed by atoms with Gasteiger partial charge in [0.1, 0.15) is 23.9 Å². The number of hydrogen-bond acceptors (Lipinski definition) is 12. The minimum absolute atomic E-state index is 0.0144. The minimum atomic E-state index is -2.04. The number of carboxylic acid groups (broad SMARTS) is 1. The molecule has 0 spiro atoms. The smallest absolute Gasteiger partial charge is 0.353 e. The van der Waals surface area contributed by atoms with Gasteiger partial charge in [-0.1, -0.05) is 188 Å². The van der Waals surface area contributed by atoms with Gasteiger partial charge in [0, 0.05) is 0 Å². The number of hydrogen-bond donors (Lipinski definition) is 4. The van der Waals surface area contributed by atoms with Crippen molar-refractivity contribution >= 4 is 75.2 Å². The fourth-order valence-electron chi connectivity index (χ4n) is 10.7. The van der Waals surface area contributed by atoms with Gasteiger partial charge in [-0.2, -0.15) is 9.36 Å². The van der Waals surface area contributed by atoms with Crippen molar-refractivity contribution in [1.29, 1.82) is 0 Å². The van der Waals surface area contributed by atoms with Crippen molar-refractivity contribution in [3.63, 3.8) is 0 Å². The molecule has 2 amide bonds. The summed E-state index contributed by atoms with van der Waals surface area (Å²) in [6, 6.07) is 28.4. The third-order valence-corrected chi connectivity index (χ3v) is 16.1. The highest BCUT2D eigenvalue weighted by Crippen LogP contribution is 2.30. The van der Waals surface area contributed by atoms with Gasteiger partial charge in [-0.25, -0.2) is 33.7 Å². The van der Waals surface area contributed by atoms with Crippen molar-refractivity contribution in [3.8, 4) is 11.4 Å². The second-order valence-corrected chi connectivity index (χ2v) is 23.2. The Morgan fingerprint density at radius 2 is 1.08 bits per heavy atom. The number of benzene rings is 5. The highest BCUT2D eigenvalue weighted by atomic mass is 35.5. The van der Waals surface area contributed by atoms with Gasteiger partial charge in [-0.3, -0.25) is 23.7 Å². The molecule has 3 aromatic heterocycles. The lowest BCUT2D eigenvalue weighted by Crippen LogP contribution is -2.39. The number of para-hydroxylation sites is 3. The number of ether oxygens (including phenoxy) is 2. The molecule has 0 aliphatic rings. The van der Waals surface area contributed by atoms with Gasteiger partial charge in [0.05, 0.1) is 67.5 Å². The number of aromatic nitrogens is 7. The Kier molecular flexibility index (Phi) is 24.7. The van der Waals surface area contributed by atoms with Gasteiger partial charge >= 0.3 is 29.3 Å². The number of halogens is 2. The predicted molar refractivity (Wildman–Crippen MR) is 348 cm³/mol. The second-order valence-electron chi connectivity index (χ2n) is 22.3. The fourth-order valence-corrected chi connectivity index (χ4v) is 11.1. The zero-order valence-electron chi connectivity index (χ0n) is 51.0. The van der Waals surface area contributed by atoms with Crippen LogP contribution in [0.2, 0.25) is 10.0 Å². The fraction of sp³-hybridized carbons (Fsp3) is 0.382. The number of carbonyl (C=O) groups excluding carboxylic acids is 4. The quantitative estimate of drug-likeness (QED) is 0.0216. The standard InChI is InChI=1S/C68H77Cl2N9O11/c1-4-6-8-10-12-14-15-17-19-29-41-89-65(85)46-37-39-51(69)54(42-46)72-62(82)57-58(63(83)73-55-43-47(38-40-52(55)70)66(86)90-45(3)30-22-18-16-13-11-9-7-5-2)75-60(74-57)59(61-71-53-36-28-27-35-50(53)64(84)76(61)44-56(80)81)77-67(87)78(48-31-23-20-24-32-48)79(68(77)88)49-33-25-21-26-34-49/h20-21,23-28,31-40,42-43,45,59H,4-19,22,29-30,41,44H2,1-3H3,(H,72,82)(H,73,83)(H,74,75)(H,80,81). The molecule has 0 saturated carbocycles. The average Bonchev–Trinajstić information content (AvgIpc) is 1.54. The highest BCUT2D eigenvalue weighted by Gasteiger charge is 2.37. The first-order valence-corrected chi connectivity index (χ1v) is 31.8. The number of carbonyl (C=O) groups is 5. The monoisotopic (exact) mass is 1270 g/mol. The van der Waals surface area contributed by atoms with E-state index in [0.717, 1.165) is 65.3 Å². The van der Waals surface area contributed by atoms with E-state index in [9.17, 15) is 24.3 Å². The van der Waals surface area contributed by atoms with E-state index in [2.05, 4.69) is 34.4 Å². The molecule has 8 rings (SSSR count). The van der Waals surface area contributed by atoms with Gasteiger partial charge < -0.3 is 30.2 Å². The van der Waals surface area contributed by atoms with Crippen LogP contribution < -0.4 is 27.6 Å². The number of amides is 2. The molecule has 0 aliphatic carbocycles. The summed E-state index contributed by atoms with van der Waals surface area (Å²) in [6.07, 6.45) is 20.0. The number of fused-ring (bicyclic) bond motifs is 1.